The lowest BCUT2D eigenvalue weighted by Gasteiger charge is -2.08. The molecule has 2 aromatic rings. The van der Waals surface area contributed by atoms with Crippen molar-refractivity contribution in [1.29, 1.82) is 5.26 Å². The molecule has 0 saturated heterocycles. The van der Waals surface area contributed by atoms with Gasteiger partial charge in [-0.05, 0) is 44.0 Å². The van der Waals surface area contributed by atoms with Crippen LogP contribution in [0, 0.1) is 25.2 Å². The third-order valence-electron chi connectivity index (χ3n) is 2.76. The van der Waals surface area contributed by atoms with E-state index in [1.807, 2.05) is 26.0 Å². The molecule has 0 fully saturated rings. The van der Waals surface area contributed by atoms with Gasteiger partial charge in [0.1, 0.15) is 12.4 Å². The van der Waals surface area contributed by atoms with Crippen LogP contribution in [-0.4, -0.2) is 20.1 Å². The second-order valence-corrected chi connectivity index (χ2v) is 6.08. The van der Waals surface area contributed by atoms with Crippen LogP contribution in [0.1, 0.15) is 23.9 Å². The fourth-order valence-corrected chi connectivity index (χ4v) is 2.51. The van der Waals surface area contributed by atoms with E-state index >= 15 is 0 Å². The third kappa shape index (κ3) is 3.89. The summed E-state index contributed by atoms with van der Waals surface area (Å²) < 4.78 is 7.06. The minimum atomic E-state index is -0.232. The van der Waals surface area contributed by atoms with Gasteiger partial charge in [0.2, 0.25) is 5.16 Å². The fraction of sp³-hybridized carbons (Fsp3) is 0.357. The van der Waals surface area contributed by atoms with Gasteiger partial charge in [-0.3, -0.25) is 0 Å². The highest BCUT2D eigenvalue weighted by atomic mass is 32.2. The van der Waals surface area contributed by atoms with Crippen LogP contribution in [0.2, 0.25) is 0 Å². The van der Waals surface area contributed by atoms with E-state index in [9.17, 15) is 0 Å². The smallest absolute Gasteiger partial charge is 0.211 e. The molecule has 0 unspecified atom stereocenters. The molecule has 0 spiro atoms. The molecule has 1 aromatic heterocycles. The van der Waals surface area contributed by atoms with Crippen molar-refractivity contribution in [3.05, 3.63) is 35.2 Å². The van der Waals surface area contributed by atoms with Gasteiger partial charge in [-0.25, -0.2) is 4.68 Å². The van der Waals surface area contributed by atoms with Crippen molar-refractivity contribution in [2.45, 2.75) is 37.8 Å². The lowest BCUT2D eigenvalue weighted by Crippen LogP contribution is -2.16. The largest absolute Gasteiger partial charge is 0.486 e. The molecule has 0 radical (unpaired) electrons. The highest BCUT2D eigenvalue weighted by Crippen LogP contribution is 2.21. The first-order valence-electron chi connectivity index (χ1n) is 6.46. The van der Waals surface area contributed by atoms with E-state index < -0.39 is 0 Å². The molecule has 6 nitrogen and oxygen atoms in total. The molecule has 7 heteroatoms. The number of ether oxygens (including phenoxy) is 1. The number of nitriles is 1. The van der Waals surface area contributed by atoms with Crippen LogP contribution in [0.5, 0.6) is 5.75 Å². The van der Waals surface area contributed by atoms with Crippen molar-refractivity contribution in [2.24, 2.45) is 0 Å². The number of nitrogen functional groups attached to an aromatic ring is 1. The van der Waals surface area contributed by atoms with Gasteiger partial charge in [-0.15, -0.1) is 10.2 Å². The van der Waals surface area contributed by atoms with Gasteiger partial charge < -0.3 is 10.6 Å². The van der Waals surface area contributed by atoms with Gasteiger partial charge in [-0.1, -0.05) is 17.8 Å². The molecule has 0 aliphatic rings. The van der Waals surface area contributed by atoms with Crippen LogP contribution in [0.4, 0.5) is 0 Å². The molecule has 1 aromatic carbocycles. The summed E-state index contributed by atoms with van der Waals surface area (Å²) in [5.41, 5.74) is 2.27. The summed E-state index contributed by atoms with van der Waals surface area (Å²) in [6.07, 6.45) is 0. The SMILES string of the molecule is Cc1cc(C)cc(OCc2nnc(S[C@@H](C)C#N)n2N)c1. The standard InChI is InChI=1S/C14H17N5OS/c1-9-4-10(2)6-12(5-9)20-8-13-17-18-14(19(13)16)21-11(3)7-15/h4-6,11H,8,16H2,1-3H3/t11-/m0/s1. The molecule has 21 heavy (non-hydrogen) atoms. The second kappa shape index (κ2) is 6.50. The molecule has 2 rings (SSSR count). The van der Waals surface area contributed by atoms with E-state index in [0.717, 1.165) is 16.9 Å². The maximum atomic E-state index is 8.80. The van der Waals surface area contributed by atoms with E-state index in [2.05, 4.69) is 22.3 Å². The quantitative estimate of drug-likeness (QED) is 0.672. The zero-order chi connectivity index (χ0) is 15.4. The predicted molar refractivity (Wildman–Crippen MR) is 81.4 cm³/mol. The number of hydrogen-bond acceptors (Lipinski definition) is 6. The summed E-state index contributed by atoms with van der Waals surface area (Å²) >= 11 is 1.27. The summed E-state index contributed by atoms with van der Waals surface area (Å²) in [5.74, 6) is 7.20. The molecular weight excluding hydrogens is 286 g/mol. The Balaban J connectivity index is 2.05. The molecule has 0 saturated carbocycles. The first kappa shape index (κ1) is 15.2. The molecular formula is C14H17N5OS. The van der Waals surface area contributed by atoms with Crippen molar-refractivity contribution in [2.75, 3.05) is 5.84 Å². The first-order chi connectivity index (χ1) is 9.99. The van der Waals surface area contributed by atoms with Crippen molar-refractivity contribution in [3.63, 3.8) is 0 Å². The monoisotopic (exact) mass is 303 g/mol. The highest BCUT2D eigenvalue weighted by molar-refractivity contribution is 8.00. The number of nitrogens with zero attached hydrogens (tertiary/aromatic N) is 4. The van der Waals surface area contributed by atoms with Gasteiger partial charge in [-0.2, -0.15) is 5.26 Å². The zero-order valence-electron chi connectivity index (χ0n) is 12.2. The summed E-state index contributed by atoms with van der Waals surface area (Å²) in [4.78, 5) is 0. The molecule has 1 atom stereocenters. The van der Waals surface area contributed by atoms with Crippen molar-refractivity contribution in [1.82, 2.24) is 14.9 Å². The van der Waals surface area contributed by atoms with E-state index in [4.69, 9.17) is 15.8 Å². The van der Waals surface area contributed by atoms with Crippen LogP contribution >= 0.6 is 11.8 Å². The number of rotatable bonds is 5. The van der Waals surface area contributed by atoms with Crippen molar-refractivity contribution < 1.29 is 4.74 Å². The molecule has 0 amide bonds. The molecule has 1 heterocycles. The lowest BCUT2D eigenvalue weighted by atomic mass is 10.1. The molecule has 0 aliphatic carbocycles. The normalized spacial score (nSPS) is 11.9. The fourth-order valence-electron chi connectivity index (χ4n) is 1.83. The van der Waals surface area contributed by atoms with Crippen LogP contribution in [0.15, 0.2) is 23.4 Å². The van der Waals surface area contributed by atoms with Gasteiger partial charge in [0, 0.05) is 0 Å². The Bertz CT molecular complexity index is 656. The Hall–Kier alpha value is -2.20. The maximum absolute atomic E-state index is 8.80. The van der Waals surface area contributed by atoms with Gasteiger partial charge in [0.05, 0.1) is 11.3 Å². The molecule has 0 bridgehead atoms. The zero-order valence-corrected chi connectivity index (χ0v) is 13.0. The van der Waals surface area contributed by atoms with Gasteiger partial charge >= 0.3 is 0 Å². The summed E-state index contributed by atoms with van der Waals surface area (Å²) in [6.45, 7) is 6.05. The van der Waals surface area contributed by atoms with Crippen LogP contribution in [0.3, 0.4) is 0 Å². The van der Waals surface area contributed by atoms with Crippen molar-refractivity contribution >= 4 is 11.8 Å². The average molecular weight is 303 g/mol. The minimum absolute atomic E-state index is 0.230. The number of aromatic nitrogens is 3. The molecule has 110 valence electrons. The molecule has 2 N–H and O–H groups in total. The summed E-state index contributed by atoms with van der Waals surface area (Å²) in [7, 11) is 0. The van der Waals surface area contributed by atoms with E-state index in [-0.39, 0.29) is 11.9 Å². The summed E-state index contributed by atoms with van der Waals surface area (Å²) in [5, 5.41) is 17.0. The lowest BCUT2D eigenvalue weighted by molar-refractivity contribution is 0.291. The number of benzene rings is 1. The topological polar surface area (TPSA) is 89.8 Å². The number of hydrogen-bond donors (Lipinski definition) is 1. The minimum Gasteiger partial charge on any atom is -0.486 e. The van der Waals surface area contributed by atoms with E-state index in [1.165, 1.54) is 16.4 Å². The second-order valence-electron chi connectivity index (χ2n) is 4.77. The third-order valence-corrected chi connectivity index (χ3v) is 3.71. The predicted octanol–water partition coefficient (Wildman–Crippen LogP) is 2.19. The summed E-state index contributed by atoms with van der Waals surface area (Å²) in [6, 6.07) is 8.11. The Kier molecular flexibility index (Phi) is 4.70. The molecule has 0 aliphatic heterocycles. The Morgan fingerprint density at radius 3 is 2.62 bits per heavy atom. The number of nitrogens with two attached hydrogens (primary N) is 1. The van der Waals surface area contributed by atoms with Gasteiger partial charge in [0.15, 0.2) is 5.82 Å². The van der Waals surface area contributed by atoms with Crippen LogP contribution in [-0.2, 0) is 6.61 Å². The van der Waals surface area contributed by atoms with Crippen LogP contribution in [0.25, 0.3) is 0 Å². The van der Waals surface area contributed by atoms with Crippen LogP contribution < -0.4 is 10.6 Å². The van der Waals surface area contributed by atoms with Gasteiger partial charge in [0.25, 0.3) is 0 Å². The first-order valence-corrected chi connectivity index (χ1v) is 7.34. The Labute approximate surface area is 127 Å². The number of aryl methyl sites for hydroxylation is 2. The maximum Gasteiger partial charge on any atom is 0.211 e. The Morgan fingerprint density at radius 2 is 2.00 bits per heavy atom. The number of thioether (sulfide) groups is 1. The Morgan fingerprint density at radius 1 is 1.33 bits per heavy atom. The highest BCUT2D eigenvalue weighted by Gasteiger charge is 2.13. The average Bonchev–Trinajstić information content (AvgIpc) is 2.76. The van der Waals surface area contributed by atoms with E-state index in [0.29, 0.717) is 11.0 Å². The van der Waals surface area contributed by atoms with Crippen molar-refractivity contribution in [3.8, 4) is 11.8 Å². The van der Waals surface area contributed by atoms with E-state index in [1.54, 1.807) is 6.92 Å².